The van der Waals surface area contributed by atoms with E-state index >= 15 is 0 Å². The summed E-state index contributed by atoms with van der Waals surface area (Å²) in [6, 6.07) is 15.4. The molecule has 0 unspecified atom stereocenters. The third-order valence-electron chi connectivity index (χ3n) is 5.13. The maximum atomic E-state index is 12.9. The molecule has 1 aliphatic heterocycles. The lowest BCUT2D eigenvalue weighted by atomic mass is 9.90. The van der Waals surface area contributed by atoms with Gasteiger partial charge in [0.25, 0.3) is 5.91 Å². The van der Waals surface area contributed by atoms with Gasteiger partial charge in [0.1, 0.15) is 5.69 Å². The normalized spacial score (nSPS) is 16.7. The smallest absolute Gasteiger partial charge is 0.254 e. The van der Waals surface area contributed by atoms with Gasteiger partial charge in [0.15, 0.2) is 5.76 Å². The molecule has 6 nitrogen and oxygen atoms in total. The third-order valence-corrected chi connectivity index (χ3v) is 5.13. The van der Waals surface area contributed by atoms with E-state index in [4.69, 9.17) is 4.52 Å². The van der Waals surface area contributed by atoms with Gasteiger partial charge in [-0.2, -0.15) is 0 Å². The highest BCUT2D eigenvalue weighted by Gasteiger charge is 2.19. The summed E-state index contributed by atoms with van der Waals surface area (Å²) < 4.78 is 5.40. The van der Waals surface area contributed by atoms with Crippen molar-refractivity contribution in [1.29, 1.82) is 0 Å². The predicted molar refractivity (Wildman–Crippen MR) is 107 cm³/mol. The van der Waals surface area contributed by atoms with Gasteiger partial charge in [-0.15, -0.1) is 0 Å². The second kappa shape index (κ2) is 8.35. The summed E-state index contributed by atoms with van der Waals surface area (Å²) in [6.07, 6.45) is 4.05. The van der Waals surface area contributed by atoms with Crippen LogP contribution in [0.3, 0.4) is 0 Å². The minimum absolute atomic E-state index is 0.0265. The van der Waals surface area contributed by atoms with Crippen molar-refractivity contribution in [3.05, 3.63) is 71.6 Å². The summed E-state index contributed by atoms with van der Waals surface area (Å²) in [4.78, 5) is 18.8. The third kappa shape index (κ3) is 4.12. The lowest BCUT2D eigenvalue weighted by Gasteiger charge is -2.24. The van der Waals surface area contributed by atoms with Crippen molar-refractivity contribution in [3.63, 3.8) is 0 Å². The second-order valence-corrected chi connectivity index (χ2v) is 7.22. The van der Waals surface area contributed by atoms with Crippen LogP contribution in [0.1, 0.15) is 40.4 Å². The van der Waals surface area contributed by atoms with E-state index < -0.39 is 0 Å². The number of amides is 1. The number of aromatic nitrogens is 2. The summed E-state index contributed by atoms with van der Waals surface area (Å²) >= 11 is 0. The Bertz CT molecular complexity index is 932. The van der Waals surface area contributed by atoms with Gasteiger partial charge in [-0.05, 0) is 55.1 Å². The Morgan fingerprint density at radius 1 is 1.21 bits per heavy atom. The summed E-state index contributed by atoms with van der Waals surface area (Å²) in [5.41, 5.74) is 3.35. The molecule has 1 N–H and O–H groups in total. The van der Waals surface area contributed by atoms with Crippen molar-refractivity contribution in [2.24, 2.45) is 0 Å². The minimum Gasteiger partial charge on any atom is -0.359 e. The van der Waals surface area contributed by atoms with Crippen LogP contribution >= 0.6 is 0 Å². The van der Waals surface area contributed by atoms with Gasteiger partial charge in [0.2, 0.25) is 0 Å². The molecular formula is C22H24N4O2. The molecule has 0 aliphatic carbocycles. The van der Waals surface area contributed by atoms with E-state index in [0.29, 0.717) is 29.5 Å². The molecule has 144 valence electrons. The molecular weight excluding hydrogens is 352 g/mol. The number of pyridine rings is 1. The van der Waals surface area contributed by atoms with Gasteiger partial charge in [-0.1, -0.05) is 23.4 Å². The molecule has 1 saturated heterocycles. The first-order chi connectivity index (χ1) is 13.7. The quantitative estimate of drug-likeness (QED) is 0.738. The Kier molecular flexibility index (Phi) is 5.48. The first kappa shape index (κ1) is 18.4. The van der Waals surface area contributed by atoms with Crippen LogP contribution in [-0.4, -0.2) is 41.1 Å². The zero-order chi connectivity index (χ0) is 19.3. The number of hydrogen-bond acceptors (Lipinski definition) is 5. The molecule has 1 fully saturated rings. The molecule has 0 saturated carbocycles. The number of nitrogens with zero attached hydrogens (tertiary/aromatic N) is 3. The second-order valence-electron chi connectivity index (χ2n) is 7.22. The van der Waals surface area contributed by atoms with Gasteiger partial charge < -0.3 is 14.7 Å². The van der Waals surface area contributed by atoms with E-state index in [1.165, 1.54) is 12.0 Å². The lowest BCUT2D eigenvalue weighted by molar-refractivity contribution is 0.0772. The number of hydrogen-bond donors (Lipinski definition) is 1. The predicted octanol–water partition coefficient (Wildman–Crippen LogP) is 3.48. The van der Waals surface area contributed by atoms with Crippen LogP contribution < -0.4 is 5.32 Å². The molecule has 4 rings (SSSR count). The van der Waals surface area contributed by atoms with Gasteiger partial charge in [0.05, 0.1) is 12.2 Å². The molecule has 6 heteroatoms. The number of rotatable bonds is 5. The molecule has 1 aliphatic rings. The van der Waals surface area contributed by atoms with Crippen molar-refractivity contribution >= 4 is 5.91 Å². The van der Waals surface area contributed by atoms with Gasteiger partial charge in [-0.25, -0.2) is 0 Å². The summed E-state index contributed by atoms with van der Waals surface area (Å²) in [6.45, 7) is 2.41. The molecule has 0 bridgehead atoms. The fourth-order valence-corrected chi connectivity index (χ4v) is 3.61. The maximum absolute atomic E-state index is 12.9. The Labute approximate surface area is 164 Å². The molecule has 1 atom stereocenters. The highest BCUT2D eigenvalue weighted by molar-refractivity contribution is 5.94. The van der Waals surface area contributed by atoms with Crippen molar-refractivity contribution < 1.29 is 9.32 Å². The first-order valence-corrected chi connectivity index (χ1v) is 9.64. The van der Waals surface area contributed by atoms with Crippen molar-refractivity contribution in [3.8, 4) is 11.4 Å². The van der Waals surface area contributed by atoms with Crippen molar-refractivity contribution in [2.45, 2.75) is 25.3 Å². The van der Waals surface area contributed by atoms with Crippen molar-refractivity contribution in [2.75, 3.05) is 20.1 Å². The summed E-state index contributed by atoms with van der Waals surface area (Å²) in [7, 11) is 1.78. The van der Waals surface area contributed by atoms with Crippen LogP contribution in [0.5, 0.6) is 0 Å². The monoisotopic (exact) mass is 376 g/mol. The Morgan fingerprint density at radius 2 is 2.14 bits per heavy atom. The SMILES string of the molecule is CN(Cc1cc(-c2ccccn2)no1)C(=O)c1cccc([C@@H]2CCCNC2)c1. The van der Waals surface area contributed by atoms with Crippen LogP contribution in [0.2, 0.25) is 0 Å². The zero-order valence-electron chi connectivity index (χ0n) is 16.0. The van der Waals surface area contributed by atoms with E-state index in [2.05, 4.69) is 21.5 Å². The Balaban J connectivity index is 1.44. The van der Waals surface area contributed by atoms with Gasteiger partial charge >= 0.3 is 0 Å². The topological polar surface area (TPSA) is 71.3 Å². The number of carbonyl (C=O) groups excluding carboxylic acids is 1. The van der Waals surface area contributed by atoms with Crippen LogP contribution in [0.25, 0.3) is 11.4 Å². The average molecular weight is 376 g/mol. The number of benzene rings is 1. The molecule has 1 aromatic carbocycles. The maximum Gasteiger partial charge on any atom is 0.254 e. The highest BCUT2D eigenvalue weighted by Crippen LogP contribution is 2.24. The van der Waals surface area contributed by atoms with Crippen LogP contribution in [0, 0.1) is 0 Å². The van der Waals surface area contributed by atoms with E-state index in [1.807, 2.05) is 42.5 Å². The largest absolute Gasteiger partial charge is 0.359 e. The lowest BCUT2D eigenvalue weighted by Crippen LogP contribution is -2.29. The van der Waals surface area contributed by atoms with E-state index in [9.17, 15) is 4.79 Å². The van der Waals surface area contributed by atoms with Crippen LogP contribution in [0.4, 0.5) is 0 Å². The minimum atomic E-state index is -0.0265. The summed E-state index contributed by atoms with van der Waals surface area (Å²) in [5, 5.41) is 7.50. The number of carbonyl (C=O) groups is 1. The number of piperidine rings is 1. The van der Waals surface area contributed by atoms with Gasteiger partial charge in [-0.3, -0.25) is 9.78 Å². The average Bonchev–Trinajstić information content (AvgIpc) is 3.23. The highest BCUT2D eigenvalue weighted by atomic mass is 16.5. The molecule has 2 aromatic heterocycles. The molecule has 0 radical (unpaired) electrons. The fourth-order valence-electron chi connectivity index (χ4n) is 3.61. The van der Waals surface area contributed by atoms with E-state index in [-0.39, 0.29) is 5.91 Å². The van der Waals surface area contributed by atoms with Gasteiger partial charge in [0, 0.05) is 31.4 Å². The van der Waals surface area contributed by atoms with Crippen LogP contribution in [-0.2, 0) is 6.54 Å². The Hall–Kier alpha value is -2.99. The molecule has 1 amide bonds. The fraction of sp³-hybridized carbons (Fsp3) is 0.318. The van der Waals surface area contributed by atoms with Crippen LogP contribution in [0.15, 0.2) is 59.3 Å². The standard InChI is InChI=1S/C22H24N4O2/c1-26(15-19-13-21(25-28-19)20-9-2-3-11-24-20)22(27)17-7-4-6-16(12-17)18-8-5-10-23-14-18/h2-4,6-7,9,11-13,18,23H,5,8,10,14-15H2,1H3/t18-/m1/s1. The molecule has 0 spiro atoms. The van der Waals surface area contributed by atoms with E-state index in [1.54, 1.807) is 18.1 Å². The first-order valence-electron chi connectivity index (χ1n) is 9.64. The Morgan fingerprint density at radius 3 is 2.93 bits per heavy atom. The van der Waals surface area contributed by atoms with E-state index in [0.717, 1.165) is 25.2 Å². The zero-order valence-corrected chi connectivity index (χ0v) is 16.0. The molecule has 28 heavy (non-hydrogen) atoms. The molecule has 3 aromatic rings. The number of nitrogens with one attached hydrogen (secondary N) is 1. The summed E-state index contributed by atoms with van der Waals surface area (Å²) in [5.74, 6) is 1.08. The van der Waals surface area contributed by atoms with Crippen molar-refractivity contribution in [1.82, 2.24) is 20.4 Å². The molecule has 3 heterocycles.